The number of rotatable bonds is 4. The normalized spacial score (nSPS) is 18.2. The summed E-state index contributed by atoms with van der Waals surface area (Å²) in [7, 11) is 1.77. The van der Waals surface area contributed by atoms with Crippen LogP contribution in [0.4, 0.5) is 5.95 Å². The fraction of sp³-hybridized carbons (Fsp3) is 0.357. The number of anilines is 1. The molecule has 1 aliphatic heterocycles. The van der Waals surface area contributed by atoms with Crippen LogP contribution >= 0.6 is 11.3 Å². The number of nitrogens with zero attached hydrogens (tertiary/aromatic N) is 2. The number of carbonyl (C=O) groups is 1. The van der Waals surface area contributed by atoms with Gasteiger partial charge in [-0.2, -0.15) is 0 Å². The zero-order chi connectivity index (χ0) is 14.8. The average Bonchev–Trinajstić information content (AvgIpc) is 3.07. The minimum atomic E-state index is -0.198. The lowest BCUT2D eigenvalue weighted by atomic mass is 10.0. The van der Waals surface area contributed by atoms with Gasteiger partial charge in [0.25, 0.3) is 5.56 Å². The molecule has 0 saturated carbocycles. The Hall–Kier alpha value is -2.15. The molecule has 1 amide bonds. The maximum absolute atomic E-state index is 11.8. The molecule has 7 heteroatoms. The largest absolute Gasteiger partial charge is 0.351 e. The van der Waals surface area contributed by atoms with E-state index in [1.165, 1.54) is 10.9 Å². The van der Waals surface area contributed by atoms with Gasteiger partial charge >= 0.3 is 0 Å². The molecular formula is C14H16N4O2S. The third-order valence-electron chi connectivity index (χ3n) is 3.53. The number of amides is 1. The Kier molecular flexibility index (Phi) is 3.74. The molecule has 0 spiro atoms. The van der Waals surface area contributed by atoms with Crippen molar-refractivity contribution in [1.82, 2.24) is 14.9 Å². The number of thiophene rings is 1. The van der Waals surface area contributed by atoms with E-state index in [-0.39, 0.29) is 17.4 Å². The van der Waals surface area contributed by atoms with E-state index in [1.807, 2.05) is 17.5 Å². The minimum absolute atomic E-state index is 0.00733. The summed E-state index contributed by atoms with van der Waals surface area (Å²) in [5, 5.41) is 5.12. The summed E-state index contributed by atoms with van der Waals surface area (Å²) >= 11 is 1.64. The van der Waals surface area contributed by atoms with Gasteiger partial charge in [0.2, 0.25) is 11.9 Å². The zero-order valence-electron chi connectivity index (χ0n) is 11.6. The summed E-state index contributed by atoms with van der Waals surface area (Å²) in [5.74, 6) is 0.537. The second-order valence-corrected chi connectivity index (χ2v) is 6.16. The Morgan fingerprint density at radius 2 is 2.38 bits per heavy atom. The first kappa shape index (κ1) is 13.8. The van der Waals surface area contributed by atoms with E-state index >= 15 is 0 Å². The first-order valence-electron chi connectivity index (χ1n) is 6.73. The molecule has 21 heavy (non-hydrogen) atoms. The Morgan fingerprint density at radius 1 is 1.52 bits per heavy atom. The molecule has 6 nitrogen and oxygen atoms in total. The molecule has 1 atom stereocenters. The quantitative estimate of drug-likeness (QED) is 0.895. The van der Waals surface area contributed by atoms with E-state index in [0.29, 0.717) is 31.2 Å². The van der Waals surface area contributed by atoms with Gasteiger partial charge in [0, 0.05) is 36.9 Å². The Morgan fingerprint density at radius 3 is 3.05 bits per heavy atom. The molecule has 2 aromatic rings. The number of likely N-dealkylation sites (N-methyl/N-ethyl adjacent to an activating group) is 1. The van der Waals surface area contributed by atoms with Crippen LogP contribution < -0.4 is 10.9 Å². The van der Waals surface area contributed by atoms with Gasteiger partial charge in [-0.25, -0.2) is 4.98 Å². The molecule has 0 aliphatic carbocycles. The summed E-state index contributed by atoms with van der Waals surface area (Å²) in [6.07, 6.45) is 0.414. The smallest absolute Gasteiger partial charge is 0.252 e. The van der Waals surface area contributed by atoms with Crippen LogP contribution in [0.2, 0.25) is 0 Å². The highest BCUT2D eigenvalue weighted by molar-refractivity contribution is 7.09. The van der Waals surface area contributed by atoms with Crippen molar-refractivity contribution in [2.45, 2.75) is 18.9 Å². The number of H-pyrrole nitrogens is 1. The second-order valence-electron chi connectivity index (χ2n) is 5.13. The van der Waals surface area contributed by atoms with Crippen LogP contribution in [-0.2, 0) is 11.3 Å². The second kappa shape index (κ2) is 5.69. The summed E-state index contributed by atoms with van der Waals surface area (Å²) in [6, 6.07) is 5.48. The van der Waals surface area contributed by atoms with Crippen molar-refractivity contribution in [2.24, 2.45) is 0 Å². The van der Waals surface area contributed by atoms with Gasteiger partial charge in [0.15, 0.2) is 0 Å². The van der Waals surface area contributed by atoms with Gasteiger partial charge < -0.3 is 10.2 Å². The predicted molar refractivity (Wildman–Crippen MR) is 81.5 cm³/mol. The van der Waals surface area contributed by atoms with Gasteiger partial charge in [-0.3, -0.25) is 14.6 Å². The Bertz CT molecular complexity index is 695. The SMILES string of the molecule is CN1CC(c2cc(=O)[nH]c(NCc3cccs3)n2)CC1=O. The van der Waals surface area contributed by atoms with E-state index in [4.69, 9.17) is 0 Å². The van der Waals surface area contributed by atoms with Crippen LogP contribution in [0.15, 0.2) is 28.4 Å². The van der Waals surface area contributed by atoms with Crippen molar-refractivity contribution < 1.29 is 4.79 Å². The molecule has 3 heterocycles. The molecule has 0 bridgehead atoms. The molecule has 0 aromatic carbocycles. The molecular weight excluding hydrogens is 288 g/mol. The molecule has 2 aromatic heterocycles. The fourth-order valence-electron chi connectivity index (χ4n) is 2.41. The standard InChI is InChI=1S/C14H16N4O2S/c1-18-8-9(5-13(18)20)11-6-12(19)17-14(16-11)15-7-10-3-2-4-21-10/h2-4,6,9H,5,7-8H2,1H3,(H2,15,16,17,19). The van der Waals surface area contributed by atoms with Crippen LogP contribution in [0.25, 0.3) is 0 Å². The molecule has 1 fully saturated rings. The molecule has 3 rings (SSSR count). The lowest BCUT2D eigenvalue weighted by molar-refractivity contribution is -0.126. The number of likely N-dealkylation sites (tertiary alicyclic amines) is 1. The van der Waals surface area contributed by atoms with Gasteiger partial charge in [-0.05, 0) is 11.4 Å². The predicted octanol–water partition coefficient (Wildman–Crippen LogP) is 1.39. The Balaban J connectivity index is 1.76. The fourth-order valence-corrected chi connectivity index (χ4v) is 3.06. The summed E-state index contributed by atoms with van der Waals surface area (Å²) in [6.45, 7) is 1.23. The lowest BCUT2D eigenvalue weighted by Crippen LogP contribution is -2.19. The van der Waals surface area contributed by atoms with Crippen molar-refractivity contribution in [3.8, 4) is 0 Å². The number of carbonyl (C=O) groups excluding carboxylic acids is 1. The van der Waals surface area contributed by atoms with Gasteiger partial charge in [-0.1, -0.05) is 6.07 Å². The van der Waals surface area contributed by atoms with E-state index in [1.54, 1.807) is 23.3 Å². The van der Waals surface area contributed by atoms with Gasteiger partial charge in [-0.15, -0.1) is 11.3 Å². The number of aromatic amines is 1. The summed E-state index contributed by atoms with van der Waals surface area (Å²) < 4.78 is 0. The van der Waals surface area contributed by atoms with Crippen LogP contribution in [0.3, 0.4) is 0 Å². The van der Waals surface area contributed by atoms with Crippen molar-refractivity contribution in [3.63, 3.8) is 0 Å². The maximum atomic E-state index is 11.8. The van der Waals surface area contributed by atoms with Crippen molar-refractivity contribution >= 4 is 23.2 Å². The highest BCUT2D eigenvalue weighted by Crippen LogP contribution is 2.25. The third kappa shape index (κ3) is 3.13. The van der Waals surface area contributed by atoms with Crippen LogP contribution in [0.1, 0.15) is 22.9 Å². The third-order valence-corrected chi connectivity index (χ3v) is 4.41. The van der Waals surface area contributed by atoms with Crippen LogP contribution in [-0.4, -0.2) is 34.4 Å². The topological polar surface area (TPSA) is 78.1 Å². The molecule has 1 saturated heterocycles. The number of hydrogen-bond donors (Lipinski definition) is 2. The first-order chi connectivity index (χ1) is 10.1. The molecule has 2 N–H and O–H groups in total. The van der Waals surface area contributed by atoms with Crippen molar-refractivity contribution in [1.29, 1.82) is 0 Å². The van der Waals surface area contributed by atoms with Gasteiger partial charge in [0.05, 0.1) is 12.2 Å². The first-order valence-corrected chi connectivity index (χ1v) is 7.61. The number of aromatic nitrogens is 2. The van der Waals surface area contributed by atoms with E-state index in [9.17, 15) is 9.59 Å². The highest BCUT2D eigenvalue weighted by atomic mass is 32.1. The molecule has 1 aliphatic rings. The minimum Gasteiger partial charge on any atom is -0.351 e. The van der Waals surface area contributed by atoms with E-state index < -0.39 is 0 Å². The van der Waals surface area contributed by atoms with E-state index in [0.717, 1.165) is 0 Å². The van der Waals surface area contributed by atoms with E-state index in [2.05, 4.69) is 15.3 Å². The number of hydrogen-bond acceptors (Lipinski definition) is 5. The average molecular weight is 304 g/mol. The Labute approximate surface area is 125 Å². The lowest BCUT2D eigenvalue weighted by Gasteiger charge is -2.11. The molecule has 1 unspecified atom stereocenters. The monoisotopic (exact) mass is 304 g/mol. The van der Waals surface area contributed by atoms with Crippen LogP contribution in [0, 0.1) is 0 Å². The molecule has 110 valence electrons. The highest BCUT2D eigenvalue weighted by Gasteiger charge is 2.29. The zero-order valence-corrected chi connectivity index (χ0v) is 12.4. The summed E-state index contributed by atoms with van der Waals surface area (Å²) in [4.78, 5) is 33.3. The van der Waals surface area contributed by atoms with Crippen molar-refractivity contribution in [3.05, 3.63) is 44.5 Å². The maximum Gasteiger partial charge on any atom is 0.252 e. The van der Waals surface area contributed by atoms with Gasteiger partial charge in [0.1, 0.15) is 0 Å². The van der Waals surface area contributed by atoms with Crippen molar-refractivity contribution in [2.75, 3.05) is 18.9 Å². The number of nitrogens with one attached hydrogen (secondary N) is 2. The summed E-state index contributed by atoms with van der Waals surface area (Å²) in [5.41, 5.74) is 0.473. The van der Waals surface area contributed by atoms with Crippen LogP contribution in [0.5, 0.6) is 0 Å². The molecule has 0 radical (unpaired) electrons.